The average molecular weight is 400 g/mol. The number of rotatable bonds is 5. The number of carbonyl (C=O) groups is 1. The first-order valence-electron chi connectivity index (χ1n) is 9.20. The third kappa shape index (κ3) is 4.42. The van der Waals surface area contributed by atoms with Gasteiger partial charge in [-0.3, -0.25) is 9.52 Å². The van der Waals surface area contributed by atoms with Gasteiger partial charge in [-0.15, -0.1) is 0 Å². The first kappa shape index (κ1) is 20.1. The Bertz CT molecular complexity index is 1010. The Labute approximate surface area is 166 Å². The van der Waals surface area contributed by atoms with E-state index >= 15 is 0 Å². The van der Waals surface area contributed by atoms with Gasteiger partial charge in [0.25, 0.3) is 0 Å². The zero-order valence-corrected chi connectivity index (χ0v) is 17.3. The SMILES string of the molecule is Cc1ccc(C2CC(c3ccccc3NS(C)(=O)=O)=NN2C(=O)C(C)C)cc1. The molecule has 1 aliphatic rings. The highest BCUT2D eigenvalue weighted by molar-refractivity contribution is 7.92. The predicted octanol–water partition coefficient (Wildman–Crippen LogP) is 3.70. The molecule has 2 aromatic rings. The fraction of sp³-hybridized carbons (Fsp3) is 0.333. The van der Waals surface area contributed by atoms with Gasteiger partial charge >= 0.3 is 0 Å². The second kappa shape index (κ2) is 7.75. The van der Waals surface area contributed by atoms with Gasteiger partial charge in [0.05, 0.1) is 23.7 Å². The Morgan fingerprint density at radius 3 is 2.39 bits per heavy atom. The molecule has 1 atom stereocenters. The number of sulfonamides is 1. The molecule has 0 spiro atoms. The molecule has 28 heavy (non-hydrogen) atoms. The number of hydrogen-bond acceptors (Lipinski definition) is 4. The van der Waals surface area contributed by atoms with Gasteiger partial charge in [-0.2, -0.15) is 5.10 Å². The molecular weight excluding hydrogens is 374 g/mol. The molecule has 0 fully saturated rings. The van der Waals surface area contributed by atoms with Gasteiger partial charge in [0.15, 0.2) is 0 Å². The van der Waals surface area contributed by atoms with Crippen molar-refractivity contribution in [1.29, 1.82) is 0 Å². The number of nitrogens with zero attached hydrogens (tertiary/aromatic N) is 2. The van der Waals surface area contributed by atoms with E-state index in [9.17, 15) is 13.2 Å². The van der Waals surface area contributed by atoms with Crippen molar-refractivity contribution in [3.8, 4) is 0 Å². The fourth-order valence-electron chi connectivity index (χ4n) is 3.21. The van der Waals surface area contributed by atoms with Crippen LogP contribution in [0.5, 0.6) is 0 Å². The van der Waals surface area contributed by atoms with Crippen LogP contribution in [0.2, 0.25) is 0 Å². The molecular formula is C21H25N3O3S. The molecule has 0 saturated heterocycles. The third-order valence-electron chi connectivity index (χ3n) is 4.63. The third-order valence-corrected chi connectivity index (χ3v) is 5.22. The van der Waals surface area contributed by atoms with E-state index in [2.05, 4.69) is 9.82 Å². The van der Waals surface area contributed by atoms with Crippen molar-refractivity contribution in [2.45, 2.75) is 33.2 Å². The van der Waals surface area contributed by atoms with E-state index in [1.165, 1.54) is 0 Å². The molecule has 1 unspecified atom stereocenters. The molecule has 7 heteroatoms. The van der Waals surface area contributed by atoms with Gasteiger partial charge in [0, 0.05) is 17.9 Å². The van der Waals surface area contributed by atoms with E-state index in [0.29, 0.717) is 23.4 Å². The number of aryl methyl sites for hydroxylation is 1. The van der Waals surface area contributed by atoms with E-state index in [4.69, 9.17) is 0 Å². The Kier molecular flexibility index (Phi) is 5.56. The van der Waals surface area contributed by atoms with E-state index in [1.54, 1.807) is 17.1 Å². The van der Waals surface area contributed by atoms with Crippen molar-refractivity contribution in [3.05, 3.63) is 65.2 Å². The van der Waals surface area contributed by atoms with Crippen molar-refractivity contribution in [2.75, 3.05) is 11.0 Å². The van der Waals surface area contributed by atoms with Crippen LogP contribution >= 0.6 is 0 Å². The second-order valence-corrected chi connectivity index (χ2v) is 9.18. The van der Waals surface area contributed by atoms with Crippen molar-refractivity contribution >= 4 is 27.3 Å². The van der Waals surface area contributed by atoms with Crippen molar-refractivity contribution in [1.82, 2.24) is 5.01 Å². The standard InChI is InChI=1S/C21H25N3O3S/c1-14(2)21(25)24-20(16-11-9-15(3)10-12-16)13-19(22-24)17-7-5-6-8-18(17)23-28(4,26)27/h5-12,14,20,23H,13H2,1-4H3. The maximum atomic E-state index is 12.8. The maximum Gasteiger partial charge on any atom is 0.245 e. The molecule has 1 amide bonds. The minimum Gasteiger partial charge on any atom is -0.283 e. The Morgan fingerprint density at radius 1 is 1.14 bits per heavy atom. The Morgan fingerprint density at radius 2 is 1.79 bits per heavy atom. The summed E-state index contributed by atoms with van der Waals surface area (Å²) in [5.41, 5.74) is 3.99. The summed E-state index contributed by atoms with van der Waals surface area (Å²) in [6.07, 6.45) is 1.63. The number of amides is 1. The summed E-state index contributed by atoms with van der Waals surface area (Å²) >= 11 is 0. The molecule has 0 radical (unpaired) electrons. The van der Waals surface area contributed by atoms with Crippen molar-refractivity contribution in [3.63, 3.8) is 0 Å². The highest BCUT2D eigenvalue weighted by atomic mass is 32.2. The van der Waals surface area contributed by atoms with Crippen LogP contribution < -0.4 is 4.72 Å². The van der Waals surface area contributed by atoms with Crippen LogP contribution in [-0.2, 0) is 14.8 Å². The molecule has 0 aliphatic carbocycles. The lowest BCUT2D eigenvalue weighted by Gasteiger charge is -2.23. The number of anilines is 1. The van der Waals surface area contributed by atoms with Gasteiger partial charge < -0.3 is 0 Å². The van der Waals surface area contributed by atoms with Crippen LogP contribution in [0.15, 0.2) is 53.6 Å². The van der Waals surface area contributed by atoms with Crippen LogP contribution in [0.4, 0.5) is 5.69 Å². The summed E-state index contributed by atoms with van der Waals surface area (Å²) in [6.45, 7) is 5.72. The Hall–Kier alpha value is -2.67. The summed E-state index contributed by atoms with van der Waals surface area (Å²) in [7, 11) is -3.43. The first-order valence-corrected chi connectivity index (χ1v) is 11.1. The summed E-state index contributed by atoms with van der Waals surface area (Å²) in [5, 5.41) is 6.16. The number of hydrogen-bond donors (Lipinski definition) is 1. The van der Waals surface area contributed by atoms with Crippen LogP contribution in [0.3, 0.4) is 0 Å². The highest BCUT2D eigenvalue weighted by Gasteiger charge is 2.34. The molecule has 1 N–H and O–H groups in total. The molecule has 0 saturated carbocycles. The maximum absolute atomic E-state index is 12.8. The first-order chi connectivity index (χ1) is 13.2. The predicted molar refractivity (Wildman–Crippen MR) is 112 cm³/mol. The van der Waals surface area contributed by atoms with E-state index in [1.807, 2.05) is 57.2 Å². The van der Waals surface area contributed by atoms with Gasteiger partial charge in [-0.05, 0) is 18.6 Å². The van der Waals surface area contributed by atoms with E-state index < -0.39 is 10.0 Å². The number of carbonyl (C=O) groups excluding carboxylic acids is 1. The van der Waals surface area contributed by atoms with Gasteiger partial charge in [0.1, 0.15) is 0 Å². The van der Waals surface area contributed by atoms with Crippen LogP contribution in [0.1, 0.15) is 43.0 Å². The summed E-state index contributed by atoms with van der Waals surface area (Å²) in [4.78, 5) is 12.8. The second-order valence-electron chi connectivity index (χ2n) is 7.43. The quantitative estimate of drug-likeness (QED) is 0.833. The fourth-order valence-corrected chi connectivity index (χ4v) is 3.79. The number of hydrazone groups is 1. The minimum atomic E-state index is -3.43. The molecule has 2 aromatic carbocycles. The Balaban J connectivity index is 2.02. The zero-order chi connectivity index (χ0) is 20.5. The van der Waals surface area contributed by atoms with Gasteiger partial charge in [0.2, 0.25) is 15.9 Å². The molecule has 0 bridgehead atoms. The van der Waals surface area contributed by atoms with Crippen molar-refractivity contribution in [2.24, 2.45) is 11.0 Å². The van der Waals surface area contributed by atoms with E-state index in [0.717, 1.165) is 17.4 Å². The summed E-state index contributed by atoms with van der Waals surface area (Å²) < 4.78 is 26.0. The van der Waals surface area contributed by atoms with Crippen LogP contribution in [-0.4, -0.2) is 31.3 Å². The van der Waals surface area contributed by atoms with Crippen LogP contribution in [0, 0.1) is 12.8 Å². The molecule has 1 heterocycles. The molecule has 0 aromatic heterocycles. The van der Waals surface area contributed by atoms with Crippen LogP contribution in [0.25, 0.3) is 0 Å². The summed E-state index contributed by atoms with van der Waals surface area (Å²) in [5.74, 6) is -0.255. The monoisotopic (exact) mass is 399 g/mol. The normalized spacial score (nSPS) is 17.0. The van der Waals surface area contributed by atoms with Crippen molar-refractivity contribution < 1.29 is 13.2 Å². The number of benzene rings is 2. The van der Waals surface area contributed by atoms with Gasteiger partial charge in [-0.25, -0.2) is 13.4 Å². The zero-order valence-electron chi connectivity index (χ0n) is 16.5. The lowest BCUT2D eigenvalue weighted by Crippen LogP contribution is -2.30. The average Bonchev–Trinajstić information content (AvgIpc) is 3.05. The van der Waals surface area contributed by atoms with E-state index in [-0.39, 0.29) is 17.9 Å². The smallest absolute Gasteiger partial charge is 0.245 e. The highest BCUT2D eigenvalue weighted by Crippen LogP contribution is 2.35. The largest absolute Gasteiger partial charge is 0.283 e. The molecule has 3 rings (SSSR count). The minimum absolute atomic E-state index is 0.0610. The molecule has 148 valence electrons. The lowest BCUT2D eigenvalue weighted by molar-refractivity contribution is -0.136. The topological polar surface area (TPSA) is 78.8 Å². The number of nitrogens with one attached hydrogen (secondary N) is 1. The lowest BCUT2D eigenvalue weighted by atomic mass is 9.96. The summed E-state index contributed by atoms with van der Waals surface area (Å²) in [6, 6.07) is 15.0. The molecule has 6 nitrogen and oxygen atoms in total. The number of para-hydroxylation sites is 1. The molecule has 1 aliphatic heterocycles. The van der Waals surface area contributed by atoms with Gasteiger partial charge in [-0.1, -0.05) is 61.9 Å².